The van der Waals surface area contributed by atoms with Crippen LogP contribution in [0.3, 0.4) is 0 Å². The van der Waals surface area contributed by atoms with E-state index in [0.29, 0.717) is 11.4 Å². The van der Waals surface area contributed by atoms with Gasteiger partial charge in [-0.3, -0.25) is 10.1 Å². The third-order valence-electron chi connectivity index (χ3n) is 4.09. The maximum atomic E-state index is 13.5. The van der Waals surface area contributed by atoms with Crippen LogP contribution in [0.2, 0.25) is 5.02 Å². The van der Waals surface area contributed by atoms with E-state index in [0.717, 1.165) is 33.4 Å². The molecule has 5 heteroatoms. The highest BCUT2D eigenvalue weighted by Gasteiger charge is 2.06. The predicted molar refractivity (Wildman–Crippen MR) is 103 cm³/mol. The molecule has 0 aliphatic heterocycles. The number of hydrogen-bond donors (Lipinski definition) is 1. The van der Waals surface area contributed by atoms with E-state index in [1.807, 2.05) is 42.5 Å². The predicted octanol–water partition coefficient (Wildman–Crippen LogP) is 5.51. The summed E-state index contributed by atoms with van der Waals surface area (Å²) in [5.41, 5.74) is 4.56. The molecule has 0 bridgehead atoms. The van der Waals surface area contributed by atoms with Crippen molar-refractivity contribution >= 4 is 34.7 Å². The largest absolute Gasteiger partial charge is 0.277 e. The molecule has 26 heavy (non-hydrogen) atoms. The summed E-state index contributed by atoms with van der Waals surface area (Å²) >= 11 is 5.95. The van der Waals surface area contributed by atoms with Gasteiger partial charge < -0.3 is 0 Å². The molecule has 0 aliphatic rings. The number of hydrogen-bond acceptors (Lipinski definition) is 2. The molecule has 0 spiro atoms. The van der Waals surface area contributed by atoms with Gasteiger partial charge in [0.2, 0.25) is 0 Å². The topological polar surface area (TPSA) is 41.6 Å². The Morgan fingerprint density at radius 1 is 1.00 bits per heavy atom. The fraction of sp³-hybridized carbons (Fsp3) is 0.0476. The van der Waals surface area contributed by atoms with Crippen LogP contribution in [0.5, 0.6) is 0 Å². The van der Waals surface area contributed by atoms with Crippen LogP contribution in [0.25, 0.3) is 23.1 Å². The molecule has 0 atom stereocenters. The molecule has 2 heterocycles. The van der Waals surface area contributed by atoms with Gasteiger partial charge in [0.25, 0.3) is 0 Å². The van der Waals surface area contributed by atoms with Crippen LogP contribution in [0.1, 0.15) is 22.5 Å². The number of H-pyrrole nitrogens is 1. The van der Waals surface area contributed by atoms with Gasteiger partial charge in [0.05, 0.1) is 16.9 Å². The van der Waals surface area contributed by atoms with Gasteiger partial charge in [0, 0.05) is 16.6 Å². The van der Waals surface area contributed by atoms with Gasteiger partial charge in [-0.05, 0) is 72.2 Å². The molecule has 3 nitrogen and oxygen atoms in total. The molecular formula is C21H15ClFN3. The molecule has 128 valence electrons. The van der Waals surface area contributed by atoms with Crippen LogP contribution in [0.15, 0.2) is 60.8 Å². The van der Waals surface area contributed by atoms with Crippen molar-refractivity contribution in [2.45, 2.75) is 6.42 Å². The lowest BCUT2D eigenvalue weighted by atomic mass is 10.0. The second-order valence-corrected chi connectivity index (χ2v) is 6.47. The molecule has 0 fully saturated rings. The summed E-state index contributed by atoms with van der Waals surface area (Å²) in [6, 6.07) is 16.4. The summed E-state index contributed by atoms with van der Waals surface area (Å²) in [7, 11) is 0. The smallest absolute Gasteiger partial charge is 0.124 e. The third-order valence-corrected chi connectivity index (χ3v) is 4.31. The molecule has 0 amide bonds. The van der Waals surface area contributed by atoms with E-state index in [2.05, 4.69) is 21.2 Å². The summed E-state index contributed by atoms with van der Waals surface area (Å²) in [5.74, 6) is -0.323. The van der Waals surface area contributed by atoms with Crippen molar-refractivity contribution in [3.63, 3.8) is 0 Å². The Hall–Kier alpha value is -2.98. The van der Waals surface area contributed by atoms with E-state index < -0.39 is 0 Å². The van der Waals surface area contributed by atoms with Gasteiger partial charge in [-0.2, -0.15) is 5.10 Å². The molecule has 4 rings (SSSR count). The molecule has 1 N–H and O–H groups in total. The first-order chi connectivity index (χ1) is 12.7. The fourth-order valence-corrected chi connectivity index (χ4v) is 3.15. The van der Waals surface area contributed by atoms with Crippen LogP contribution >= 0.6 is 11.6 Å². The van der Waals surface area contributed by atoms with Crippen molar-refractivity contribution in [3.05, 3.63) is 94.1 Å². The minimum atomic E-state index is -0.323. The van der Waals surface area contributed by atoms with Gasteiger partial charge >= 0.3 is 0 Å². The van der Waals surface area contributed by atoms with Crippen LogP contribution in [0, 0.1) is 5.82 Å². The summed E-state index contributed by atoms with van der Waals surface area (Å²) in [4.78, 5) is 4.28. The van der Waals surface area contributed by atoms with Crippen molar-refractivity contribution in [2.75, 3.05) is 0 Å². The number of aromatic amines is 1. The molecule has 0 aliphatic carbocycles. The SMILES string of the molecule is Fc1cc(Cl)cc(Cc2ccc3[nH]nc(/C=C/c4ccccn4)c3c2)c1. The van der Waals surface area contributed by atoms with Crippen molar-refractivity contribution in [3.8, 4) is 0 Å². The van der Waals surface area contributed by atoms with E-state index in [9.17, 15) is 4.39 Å². The number of aromatic nitrogens is 3. The zero-order chi connectivity index (χ0) is 17.9. The highest BCUT2D eigenvalue weighted by molar-refractivity contribution is 6.30. The maximum Gasteiger partial charge on any atom is 0.124 e. The number of nitrogens with zero attached hydrogens (tertiary/aromatic N) is 2. The Labute approximate surface area is 155 Å². The Morgan fingerprint density at radius 2 is 1.92 bits per heavy atom. The first-order valence-corrected chi connectivity index (χ1v) is 8.56. The van der Waals surface area contributed by atoms with Gasteiger partial charge in [0.15, 0.2) is 0 Å². The van der Waals surface area contributed by atoms with Gasteiger partial charge in [-0.25, -0.2) is 4.39 Å². The molecular weight excluding hydrogens is 349 g/mol. The molecule has 0 radical (unpaired) electrons. The van der Waals surface area contributed by atoms with Gasteiger partial charge in [-0.1, -0.05) is 23.7 Å². The monoisotopic (exact) mass is 363 g/mol. The zero-order valence-electron chi connectivity index (χ0n) is 13.8. The maximum absolute atomic E-state index is 13.5. The molecule has 2 aromatic carbocycles. The molecule has 0 saturated heterocycles. The van der Waals surface area contributed by atoms with E-state index in [4.69, 9.17) is 11.6 Å². The quantitative estimate of drug-likeness (QED) is 0.519. The number of nitrogens with one attached hydrogen (secondary N) is 1. The van der Waals surface area contributed by atoms with Crippen LogP contribution in [-0.4, -0.2) is 15.2 Å². The normalized spacial score (nSPS) is 11.5. The van der Waals surface area contributed by atoms with Crippen LogP contribution in [-0.2, 0) is 6.42 Å². The van der Waals surface area contributed by atoms with Crippen molar-refractivity contribution in [2.24, 2.45) is 0 Å². The summed E-state index contributed by atoms with van der Waals surface area (Å²) < 4.78 is 13.5. The Balaban J connectivity index is 1.65. The molecule has 0 unspecified atom stereocenters. The average molecular weight is 364 g/mol. The summed E-state index contributed by atoms with van der Waals surface area (Å²) in [6.07, 6.45) is 6.21. The van der Waals surface area contributed by atoms with E-state index in [1.165, 1.54) is 12.1 Å². The third kappa shape index (κ3) is 3.65. The van der Waals surface area contributed by atoms with Gasteiger partial charge in [-0.15, -0.1) is 0 Å². The number of pyridine rings is 1. The highest BCUT2D eigenvalue weighted by atomic mass is 35.5. The Bertz CT molecular complexity index is 1070. The lowest BCUT2D eigenvalue weighted by Gasteiger charge is -2.04. The minimum absolute atomic E-state index is 0.323. The fourth-order valence-electron chi connectivity index (χ4n) is 2.91. The summed E-state index contributed by atoms with van der Waals surface area (Å²) in [5, 5.41) is 8.81. The summed E-state index contributed by atoms with van der Waals surface area (Å²) in [6.45, 7) is 0. The number of rotatable bonds is 4. The van der Waals surface area contributed by atoms with Crippen molar-refractivity contribution in [1.82, 2.24) is 15.2 Å². The molecule has 2 aromatic heterocycles. The van der Waals surface area contributed by atoms with E-state index in [-0.39, 0.29) is 5.82 Å². The van der Waals surface area contributed by atoms with Crippen molar-refractivity contribution < 1.29 is 4.39 Å². The average Bonchev–Trinajstić information content (AvgIpc) is 3.02. The lowest BCUT2D eigenvalue weighted by molar-refractivity contribution is 0.626. The van der Waals surface area contributed by atoms with Crippen LogP contribution in [0.4, 0.5) is 4.39 Å². The van der Waals surface area contributed by atoms with Crippen molar-refractivity contribution in [1.29, 1.82) is 0 Å². The van der Waals surface area contributed by atoms with Crippen LogP contribution < -0.4 is 0 Å². The number of fused-ring (bicyclic) bond motifs is 1. The standard InChI is InChI=1S/C21H15ClFN3/c22-16-10-15(11-17(23)13-16)9-14-4-6-20-19(12-14)21(26-25-20)7-5-18-3-1-2-8-24-18/h1-8,10-13H,9H2,(H,25,26)/b7-5+. The molecule has 4 aromatic rings. The first-order valence-electron chi connectivity index (χ1n) is 8.18. The minimum Gasteiger partial charge on any atom is -0.277 e. The second-order valence-electron chi connectivity index (χ2n) is 6.03. The Morgan fingerprint density at radius 3 is 2.73 bits per heavy atom. The highest BCUT2D eigenvalue weighted by Crippen LogP contribution is 2.23. The zero-order valence-corrected chi connectivity index (χ0v) is 14.5. The second kappa shape index (κ2) is 7.10. The Kier molecular flexibility index (Phi) is 4.50. The first kappa shape index (κ1) is 16.5. The number of halogens is 2. The number of benzene rings is 2. The van der Waals surface area contributed by atoms with E-state index >= 15 is 0 Å². The molecule has 0 saturated carbocycles. The van der Waals surface area contributed by atoms with Gasteiger partial charge in [0.1, 0.15) is 5.82 Å². The van der Waals surface area contributed by atoms with E-state index in [1.54, 1.807) is 12.3 Å². The lowest BCUT2D eigenvalue weighted by Crippen LogP contribution is -1.90.